The van der Waals surface area contributed by atoms with Gasteiger partial charge in [-0.2, -0.15) is 0 Å². The van der Waals surface area contributed by atoms with Gasteiger partial charge in [-0.05, 0) is 31.9 Å². The fraction of sp³-hybridized carbons (Fsp3) is 0.600. The van der Waals surface area contributed by atoms with Crippen LogP contribution in [0.25, 0.3) is 0 Å². The number of aliphatic imine (C=N–C) groups is 1. The molecule has 3 unspecified atom stereocenters. The Morgan fingerprint density at radius 1 is 1.30 bits per heavy atom. The van der Waals surface area contributed by atoms with E-state index in [0.29, 0.717) is 25.5 Å². The first-order valence-electron chi connectivity index (χ1n) is 9.70. The van der Waals surface area contributed by atoms with Crippen LogP contribution in [0, 0.1) is 17.6 Å². The highest BCUT2D eigenvalue weighted by Gasteiger charge is 2.42. The lowest BCUT2D eigenvalue weighted by Crippen LogP contribution is -2.46. The maximum Gasteiger partial charge on any atom is 0.225 e. The van der Waals surface area contributed by atoms with Crippen LogP contribution in [0.5, 0.6) is 0 Å². The predicted molar refractivity (Wildman–Crippen MR) is 102 cm³/mol. The highest BCUT2D eigenvalue weighted by Crippen LogP contribution is 2.43. The first-order chi connectivity index (χ1) is 12.9. The molecule has 7 heteroatoms. The molecule has 1 saturated heterocycles. The monoisotopic (exact) mass is 378 g/mol. The van der Waals surface area contributed by atoms with Crippen molar-refractivity contribution in [3.63, 3.8) is 0 Å². The minimum Gasteiger partial charge on any atom is -0.353 e. The molecule has 1 aromatic carbocycles. The van der Waals surface area contributed by atoms with E-state index in [1.54, 1.807) is 0 Å². The molecule has 0 spiro atoms. The fourth-order valence-corrected chi connectivity index (χ4v) is 3.64. The van der Waals surface area contributed by atoms with Gasteiger partial charge in [0.25, 0.3) is 0 Å². The molecule has 148 valence electrons. The van der Waals surface area contributed by atoms with E-state index in [9.17, 15) is 13.6 Å². The van der Waals surface area contributed by atoms with E-state index in [1.807, 2.05) is 25.7 Å². The molecule has 1 aromatic rings. The second-order valence-corrected chi connectivity index (χ2v) is 7.62. The lowest BCUT2D eigenvalue weighted by atomic mass is 10.1. The molecule has 1 heterocycles. The molecule has 2 N–H and O–H groups in total. The number of benzene rings is 1. The maximum atomic E-state index is 14.0. The Hall–Kier alpha value is -2.18. The summed E-state index contributed by atoms with van der Waals surface area (Å²) >= 11 is 0. The van der Waals surface area contributed by atoms with Gasteiger partial charge < -0.3 is 15.5 Å². The van der Waals surface area contributed by atoms with Crippen LogP contribution in [0.1, 0.15) is 45.1 Å². The largest absolute Gasteiger partial charge is 0.353 e. The molecule has 2 aliphatic rings. The summed E-state index contributed by atoms with van der Waals surface area (Å²) in [6.07, 6.45) is 1.53. The number of amides is 1. The summed E-state index contributed by atoms with van der Waals surface area (Å²) in [5.41, 5.74) is 0.153. The molecular weight excluding hydrogens is 350 g/mol. The van der Waals surface area contributed by atoms with Gasteiger partial charge >= 0.3 is 0 Å². The number of nitrogens with zero attached hydrogens (tertiary/aromatic N) is 2. The number of hydrogen-bond donors (Lipinski definition) is 2. The van der Waals surface area contributed by atoms with Gasteiger partial charge in [0.1, 0.15) is 11.6 Å². The maximum absolute atomic E-state index is 14.0. The Bertz CT molecular complexity index is 702. The molecule has 1 amide bonds. The van der Waals surface area contributed by atoms with Crippen molar-refractivity contribution in [3.8, 4) is 0 Å². The molecule has 1 aliphatic carbocycles. The average Bonchev–Trinajstić information content (AvgIpc) is 3.19. The number of nitrogens with one attached hydrogen (secondary N) is 2. The van der Waals surface area contributed by atoms with Crippen molar-refractivity contribution in [1.82, 2.24) is 15.5 Å². The standard InChI is InChI=1S/C20H28F2N4O/c1-4-23-20(24-13-8-9-26(11-13)19(27)12(2)3)25-17-10-14(17)18-15(21)6-5-7-16(18)22/h5-7,12-14,17H,4,8-11H2,1-3H3,(H2,23,24,25). The second kappa shape index (κ2) is 8.23. The van der Waals surface area contributed by atoms with E-state index < -0.39 is 11.6 Å². The molecule has 3 rings (SSSR count). The summed E-state index contributed by atoms with van der Waals surface area (Å²) in [6.45, 7) is 7.74. The minimum absolute atomic E-state index is 0.00598. The normalized spacial score (nSPS) is 25.0. The van der Waals surface area contributed by atoms with Gasteiger partial charge in [-0.3, -0.25) is 9.79 Å². The lowest BCUT2D eigenvalue weighted by Gasteiger charge is -2.20. The molecule has 3 atom stereocenters. The van der Waals surface area contributed by atoms with Crippen molar-refractivity contribution in [2.75, 3.05) is 19.6 Å². The van der Waals surface area contributed by atoms with Gasteiger partial charge in [-0.25, -0.2) is 8.78 Å². The molecule has 27 heavy (non-hydrogen) atoms. The van der Waals surface area contributed by atoms with Gasteiger partial charge in [0.15, 0.2) is 5.96 Å². The fourth-order valence-electron chi connectivity index (χ4n) is 3.64. The number of guanidine groups is 1. The van der Waals surface area contributed by atoms with Crippen molar-refractivity contribution in [1.29, 1.82) is 0 Å². The number of carbonyl (C=O) groups is 1. The van der Waals surface area contributed by atoms with Crippen LogP contribution in [0.4, 0.5) is 8.78 Å². The van der Waals surface area contributed by atoms with Crippen molar-refractivity contribution < 1.29 is 13.6 Å². The lowest BCUT2D eigenvalue weighted by molar-refractivity contribution is -0.133. The first kappa shape index (κ1) is 19.6. The Morgan fingerprint density at radius 2 is 2.00 bits per heavy atom. The van der Waals surface area contributed by atoms with Crippen molar-refractivity contribution in [2.24, 2.45) is 10.9 Å². The van der Waals surface area contributed by atoms with E-state index in [0.717, 1.165) is 13.0 Å². The molecule has 1 saturated carbocycles. The van der Waals surface area contributed by atoms with E-state index in [4.69, 9.17) is 0 Å². The summed E-state index contributed by atoms with van der Waals surface area (Å²) in [6, 6.07) is 4.07. The van der Waals surface area contributed by atoms with Gasteiger partial charge in [0.05, 0.1) is 0 Å². The summed E-state index contributed by atoms with van der Waals surface area (Å²) in [5, 5.41) is 6.66. The molecule has 5 nitrogen and oxygen atoms in total. The highest BCUT2D eigenvalue weighted by molar-refractivity contribution is 5.82. The van der Waals surface area contributed by atoms with Crippen LogP contribution in [-0.4, -0.2) is 48.5 Å². The zero-order valence-corrected chi connectivity index (χ0v) is 16.1. The third kappa shape index (κ3) is 4.57. The quantitative estimate of drug-likeness (QED) is 0.612. The number of hydrogen-bond acceptors (Lipinski definition) is 2. The Morgan fingerprint density at radius 3 is 2.63 bits per heavy atom. The van der Waals surface area contributed by atoms with E-state index in [1.165, 1.54) is 18.2 Å². The molecule has 0 radical (unpaired) electrons. The zero-order valence-electron chi connectivity index (χ0n) is 16.1. The van der Waals surface area contributed by atoms with Gasteiger partial charge in [0, 0.05) is 49.1 Å². The third-order valence-corrected chi connectivity index (χ3v) is 5.13. The van der Waals surface area contributed by atoms with Gasteiger partial charge in [-0.1, -0.05) is 19.9 Å². The Labute approximate surface area is 159 Å². The third-order valence-electron chi connectivity index (χ3n) is 5.13. The molecule has 2 fully saturated rings. The average molecular weight is 378 g/mol. The number of carbonyl (C=O) groups excluding carboxylic acids is 1. The molecular formula is C20H28F2N4O. The Kier molecular flexibility index (Phi) is 5.97. The molecule has 1 aliphatic heterocycles. The zero-order chi connectivity index (χ0) is 19.6. The van der Waals surface area contributed by atoms with E-state index in [-0.39, 0.29) is 35.4 Å². The highest BCUT2D eigenvalue weighted by atomic mass is 19.1. The molecule has 0 bridgehead atoms. The van der Waals surface area contributed by atoms with Gasteiger partial charge in [-0.15, -0.1) is 0 Å². The summed E-state index contributed by atoms with van der Waals surface area (Å²) in [5.74, 6) is -0.370. The smallest absolute Gasteiger partial charge is 0.225 e. The van der Waals surface area contributed by atoms with Crippen LogP contribution in [0.15, 0.2) is 23.2 Å². The van der Waals surface area contributed by atoms with E-state index >= 15 is 0 Å². The topological polar surface area (TPSA) is 56.7 Å². The van der Waals surface area contributed by atoms with Crippen molar-refractivity contribution >= 4 is 11.9 Å². The van der Waals surface area contributed by atoms with Crippen LogP contribution >= 0.6 is 0 Å². The summed E-state index contributed by atoms with van der Waals surface area (Å²) < 4.78 is 27.9. The number of likely N-dealkylation sites (tertiary alicyclic amines) is 1. The van der Waals surface area contributed by atoms with Crippen LogP contribution in [0.3, 0.4) is 0 Å². The SMILES string of the molecule is CCN=C(NC1CCN(C(=O)C(C)C)C1)NC1CC1c1c(F)cccc1F. The number of rotatable bonds is 5. The van der Waals surface area contributed by atoms with Crippen molar-refractivity contribution in [2.45, 2.75) is 51.6 Å². The predicted octanol–water partition coefficient (Wildman–Crippen LogP) is 2.63. The summed E-state index contributed by atoms with van der Waals surface area (Å²) in [4.78, 5) is 18.5. The number of halogens is 2. The van der Waals surface area contributed by atoms with Crippen LogP contribution < -0.4 is 10.6 Å². The van der Waals surface area contributed by atoms with Crippen LogP contribution in [-0.2, 0) is 4.79 Å². The van der Waals surface area contributed by atoms with Crippen LogP contribution in [0.2, 0.25) is 0 Å². The molecule has 0 aromatic heterocycles. The first-order valence-corrected chi connectivity index (χ1v) is 9.70. The second-order valence-electron chi connectivity index (χ2n) is 7.62. The minimum atomic E-state index is -0.495. The summed E-state index contributed by atoms with van der Waals surface area (Å²) in [7, 11) is 0. The van der Waals surface area contributed by atoms with Crippen molar-refractivity contribution in [3.05, 3.63) is 35.4 Å². The van der Waals surface area contributed by atoms with E-state index in [2.05, 4.69) is 15.6 Å². The van der Waals surface area contributed by atoms with Gasteiger partial charge in [0.2, 0.25) is 5.91 Å². The Balaban J connectivity index is 1.57.